The minimum absolute atomic E-state index is 0.222. The number of rotatable bonds is 4. The van der Waals surface area contributed by atoms with Crippen molar-refractivity contribution in [2.75, 3.05) is 6.61 Å². The summed E-state index contributed by atoms with van der Waals surface area (Å²) in [5.41, 5.74) is 0.368. The average Bonchev–Trinajstić information content (AvgIpc) is 2.70. The molecular formula is C15H21NO4. The minimum atomic E-state index is -0.521. The number of ether oxygens (including phenoxy) is 1. The van der Waals surface area contributed by atoms with Gasteiger partial charge >= 0.3 is 5.97 Å². The van der Waals surface area contributed by atoms with Gasteiger partial charge in [0, 0.05) is 6.04 Å². The van der Waals surface area contributed by atoms with Crippen LogP contribution in [0, 0.1) is 6.92 Å². The molecule has 5 nitrogen and oxygen atoms in total. The van der Waals surface area contributed by atoms with Gasteiger partial charge in [-0.1, -0.05) is 25.7 Å². The molecular weight excluding hydrogens is 258 g/mol. The molecule has 1 aliphatic carbocycles. The van der Waals surface area contributed by atoms with Crippen LogP contribution in [-0.4, -0.2) is 24.5 Å². The van der Waals surface area contributed by atoms with Gasteiger partial charge in [-0.2, -0.15) is 0 Å². The van der Waals surface area contributed by atoms with Crippen LogP contribution >= 0.6 is 0 Å². The van der Waals surface area contributed by atoms with Crippen molar-refractivity contribution in [2.45, 2.75) is 51.5 Å². The van der Waals surface area contributed by atoms with Crippen molar-refractivity contribution in [3.63, 3.8) is 0 Å². The zero-order valence-corrected chi connectivity index (χ0v) is 11.8. The van der Waals surface area contributed by atoms with Gasteiger partial charge in [0.15, 0.2) is 6.61 Å². The summed E-state index contributed by atoms with van der Waals surface area (Å²) in [7, 11) is 0. The maximum atomic E-state index is 11.8. The van der Waals surface area contributed by atoms with Gasteiger partial charge in [-0.15, -0.1) is 0 Å². The molecule has 0 bridgehead atoms. The van der Waals surface area contributed by atoms with Gasteiger partial charge < -0.3 is 14.5 Å². The zero-order valence-electron chi connectivity index (χ0n) is 11.8. The molecule has 1 aromatic rings. The number of hydrogen-bond acceptors (Lipinski definition) is 4. The van der Waals surface area contributed by atoms with Gasteiger partial charge in [-0.05, 0) is 25.8 Å². The molecule has 1 aromatic heterocycles. The summed E-state index contributed by atoms with van der Waals surface area (Å²) in [5, 5.41) is 2.93. The second-order valence-electron chi connectivity index (χ2n) is 5.22. The zero-order chi connectivity index (χ0) is 14.4. The molecule has 1 fully saturated rings. The SMILES string of the molecule is Cc1occc1C(=O)OCC(=O)NC1CCCCCC1. The highest BCUT2D eigenvalue weighted by atomic mass is 16.5. The number of nitrogens with one attached hydrogen (secondary N) is 1. The topological polar surface area (TPSA) is 68.5 Å². The maximum Gasteiger partial charge on any atom is 0.342 e. The number of aryl methyl sites for hydroxylation is 1. The molecule has 0 aliphatic heterocycles. The molecule has 1 saturated carbocycles. The van der Waals surface area contributed by atoms with E-state index in [1.807, 2.05) is 0 Å². The van der Waals surface area contributed by atoms with Crippen LogP contribution in [-0.2, 0) is 9.53 Å². The molecule has 0 saturated heterocycles. The Balaban J connectivity index is 1.74. The number of amides is 1. The van der Waals surface area contributed by atoms with E-state index in [1.165, 1.54) is 19.1 Å². The third-order valence-electron chi connectivity index (χ3n) is 3.63. The van der Waals surface area contributed by atoms with E-state index in [1.54, 1.807) is 13.0 Å². The van der Waals surface area contributed by atoms with Crippen LogP contribution in [0.3, 0.4) is 0 Å². The van der Waals surface area contributed by atoms with Crippen molar-refractivity contribution in [1.29, 1.82) is 0 Å². The van der Waals surface area contributed by atoms with Crippen LogP contribution < -0.4 is 5.32 Å². The van der Waals surface area contributed by atoms with Crippen LogP contribution in [0.4, 0.5) is 0 Å². The van der Waals surface area contributed by atoms with Gasteiger partial charge in [0.1, 0.15) is 11.3 Å². The Morgan fingerprint density at radius 1 is 1.30 bits per heavy atom. The van der Waals surface area contributed by atoms with E-state index in [0.29, 0.717) is 11.3 Å². The highest BCUT2D eigenvalue weighted by molar-refractivity contribution is 5.92. The monoisotopic (exact) mass is 279 g/mol. The molecule has 1 amide bonds. The summed E-state index contributed by atoms with van der Waals surface area (Å²) in [6, 6.07) is 1.76. The van der Waals surface area contributed by atoms with E-state index < -0.39 is 5.97 Å². The predicted molar refractivity (Wildman–Crippen MR) is 73.4 cm³/mol. The molecule has 1 heterocycles. The molecule has 2 rings (SSSR count). The molecule has 0 radical (unpaired) electrons. The smallest absolute Gasteiger partial charge is 0.342 e. The van der Waals surface area contributed by atoms with Crippen molar-refractivity contribution in [3.8, 4) is 0 Å². The fraction of sp³-hybridized carbons (Fsp3) is 0.600. The van der Waals surface area contributed by atoms with Gasteiger partial charge in [0.05, 0.1) is 6.26 Å². The Morgan fingerprint density at radius 2 is 2.00 bits per heavy atom. The van der Waals surface area contributed by atoms with Crippen LogP contribution in [0.1, 0.15) is 54.6 Å². The van der Waals surface area contributed by atoms with Gasteiger partial charge in [-0.25, -0.2) is 4.79 Å². The van der Waals surface area contributed by atoms with E-state index in [2.05, 4.69) is 5.32 Å². The Kier molecular flexibility index (Phi) is 5.21. The van der Waals surface area contributed by atoms with E-state index in [-0.39, 0.29) is 18.6 Å². The summed E-state index contributed by atoms with van der Waals surface area (Å²) >= 11 is 0. The van der Waals surface area contributed by atoms with Crippen LogP contribution in [0.2, 0.25) is 0 Å². The molecule has 20 heavy (non-hydrogen) atoms. The van der Waals surface area contributed by atoms with Gasteiger partial charge in [0.25, 0.3) is 5.91 Å². The number of carbonyl (C=O) groups excluding carboxylic acids is 2. The lowest BCUT2D eigenvalue weighted by Gasteiger charge is -2.16. The van der Waals surface area contributed by atoms with Crippen LogP contribution in [0.5, 0.6) is 0 Å². The number of furan rings is 1. The first kappa shape index (κ1) is 14.6. The van der Waals surface area contributed by atoms with Gasteiger partial charge in [0.2, 0.25) is 0 Å². The third kappa shape index (κ3) is 4.11. The molecule has 1 N–H and O–H groups in total. The van der Waals surface area contributed by atoms with Gasteiger partial charge in [-0.3, -0.25) is 4.79 Å². The molecule has 0 atom stereocenters. The first-order valence-electron chi connectivity index (χ1n) is 7.17. The Morgan fingerprint density at radius 3 is 2.60 bits per heavy atom. The molecule has 5 heteroatoms. The second-order valence-corrected chi connectivity index (χ2v) is 5.22. The Bertz CT molecular complexity index is 458. The molecule has 1 aliphatic rings. The second kappa shape index (κ2) is 7.12. The quantitative estimate of drug-likeness (QED) is 0.679. The first-order valence-corrected chi connectivity index (χ1v) is 7.17. The summed E-state index contributed by atoms with van der Waals surface area (Å²) < 4.78 is 10.0. The standard InChI is InChI=1S/C15H21NO4/c1-11-13(8-9-19-11)15(18)20-10-14(17)16-12-6-4-2-3-5-7-12/h8-9,12H,2-7,10H2,1H3,(H,16,17). The summed E-state index contributed by atoms with van der Waals surface area (Å²) in [5.74, 6) is -0.252. The Labute approximate surface area is 118 Å². The fourth-order valence-corrected chi connectivity index (χ4v) is 2.50. The predicted octanol–water partition coefficient (Wildman–Crippen LogP) is 2.58. The minimum Gasteiger partial charge on any atom is -0.469 e. The van der Waals surface area contributed by atoms with Crippen molar-refractivity contribution < 1.29 is 18.7 Å². The number of carbonyl (C=O) groups is 2. The third-order valence-corrected chi connectivity index (χ3v) is 3.63. The maximum absolute atomic E-state index is 11.8. The van der Waals surface area contributed by atoms with Crippen molar-refractivity contribution in [1.82, 2.24) is 5.32 Å². The average molecular weight is 279 g/mol. The fourth-order valence-electron chi connectivity index (χ4n) is 2.50. The lowest BCUT2D eigenvalue weighted by molar-refractivity contribution is -0.125. The molecule has 0 spiro atoms. The highest BCUT2D eigenvalue weighted by Gasteiger charge is 2.17. The first-order chi connectivity index (χ1) is 9.66. The largest absolute Gasteiger partial charge is 0.469 e. The summed E-state index contributed by atoms with van der Waals surface area (Å²) in [4.78, 5) is 23.5. The van der Waals surface area contributed by atoms with E-state index in [9.17, 15) is 9.59 Å². The lowest BCUT2D eigenvalue weighted by Crippen LogP contribution is -2.37. The van der Waals surface area contributed by atoms with Crippen LogP contribution in [0.25, 0.3) is 0 Å². The number of esters is 1. The lowest BCUT2D eigenvalue weighted by atomic mass is 10.1. The van der Waals surface area contributed by atoms with Crippen molar-refractivity contribution >= 4 is 11.9 Å². The van der Waals surface area contributed by atoms with Crippen molar-refractivity contribution in [2.24, 2.45) is 0 Å². The van der Waals surface area contributed by atoms with E-state index in [0.717, 1.165) is 25.7 Å². The molecule has 110 valence electrons. The summed E-state index contributed by atoms with van der Waals surface area (Å²) in [6.07, 6.45) is 8.23. The molecule has 0 aromatic carbocycles. The van der Waals surface area contributed by atoms with Crippen molar-refractivity contribution in [3.05, 3.63) is 23.7 Å². The molecule has 0 unspecified atom stereocenters. The van der Waals surface area contributed by atoms with E-state index >= 15 is 0 Å². The number of hydrogen-bond donors (Lipinski definition) is 1. The Hall–Kier alpha value is -1.78. The normalized spacial score (nSPS) is 16.4. The highest BCUT2D eigenvalue weighted by Crippen LogP contribution is 2.17. The summed E-state index contributed by atoms with van der Waals surface area (Å²) in [6.45, 7) is 1.45. The van der Waals surface area contributed by atoms with E-state index in [4.69, 9.17) is 9.15 Å². The van der Waals surface area contributed by atoms with Crippen LogP contribution in [0.15, 0.2) is 16.7 Å².